The van der Waals surface area contributed by atoms with Gasteiger partial charge in [-0.1, -0.05) is 34.6 Å². The molecule has 5 aliphatic rings. The predicted molar refractivity (Wildman–Crippen MR) is 133 cm³/mol. The molecule has 0 aromatic heterocycles. The maximum absolute atomic E-state index is 11.5. The number of aliphatic hydroxyl groups excluding tert-OH is 3. The van der Waals surface area contributed by atoms with Gasteiger partial charge in [0.2, 0.25) is 0 Å². The number of hydrogen-bond donors (Lipinski definition) is 5. The Kier molecular flexibility index (Phi) is 6.71. The first-order valence-electron chi connectivity index (χ1n) is 14.4. The van der Waals surface area contributed by atoms with Crippen molar-refractivity contribution in [1.29, 1.82) is 0 Å². The third-order valence-electron chi connectivity index (χ3n) is 12.4. The predicted octanol–water partition coefficient (Wildman–Crippen LogP) is 3.67. The van der Waals surface area contributed by atoms with E-state index in [0.717, 1.165) is 44.9 Å². The summed E-state index contributed by atoms with van der Waals surface area (Å²) in [6, 6.07) is 0. The highest BCUT2D eigenvalue weighted by Gasteiger charge is 2.65. The number of fused-ring (bicyclic) bond motifs is 5. The molecule has 1 aliphatic heterocycles. The van der Waals surface area contributed by atoms with E-state index in [4.69, 9.17) is 4.74 Å². The molecule has 13 atom stereocenters. The minimum Gasteiger partial charge on any atom is -0.393 e. The first-order chi connectivity index (χ1) is 16.3. The standard InChI is InChI=1S/C29H50O6/c1-15(2)17-12-23(35-29(33,34)14-17)16(3)19-6-7-20-24-21(9-11-27(19,20)4)28(5)10-8-18(30)13-22(28)25(31)26(24)32/h15-26,30-34H,6-14H2,1-5H3/t16-,17-,18?,19+,20-,21-,22?,23?,24-,25?,26?,27+,28+/m0/s1. The molecule has 1 heterocycles. The van der Waals surface area contributed by atoms with Gasteiger partial charge in [-0.15, -0.1) is 0 Å². The van der Waals surface area contributed by atoms with Gasteiger partial charge >= 0.3 is 0 Å². The van der Waals surface area contributed by atoms with Gasteiger partial charge in [0.15, 0.2) is 0 Å². The molecule has 0 spiro atoms. The minimum absolute atomic E-state index is 0.0298. The third-order valence-corrected chi connectivity index (χ3v) is 12.4. The van der Waals surface area contributed by atoms with Gasteiger partial charge in [0.05, 0.1) is 24.4 Å². The lowest BCUT2D eigenvalue weighted by Crippen LogP contribution is -2.64. The molecule has 35 heavy (non-hydrogen) atoms. The lowest BCUT2D eigenvalue weighted by atomic mass is 9.43. The van der Waals surface area contributed by atoms with E-state index >= 15 is 0 Å². The van der Waals surface area contributed by atoms with E-state index in [1.165, 1.54) is 0 Å². The molecule has 6 nitrogen and oxygen atoms in total. The van der Waals surface area contributed by atoms with Crippen molar-refractivity contribution in [3.05, 3.63) is 0 Å². The van der Waals surface area contributed by atoms with Crippen LogP contribution in [-0.4, -0.2) is 55.9 Å². The molecule has 5 N–H and O–H groups in total. The fourth-order valence-electron chi connectivity index (χ4n) is 10.3. The second kappa shape index (κ2) is 8.91. The van der Waals surface area contributed by atoms with Crippen LogP contribution in [-0.2, 0) is 4.74 Å². The summed E-state index contributed by atoms with van der Waals surface area (Å²) in [6.45, 7) is 11.2. The summed E-state index contributed by atoms with van der Waals surface area (Å²) in [5.74, 6) is -0.0936. The first-order valence-corrected chi connectivity index (χ1v) is 14.4. The van der Waals surface area contributed by atoms with E-state index in [2.05, 4.69) is 34.6 Å². The van der Waals surface area contributed by atoms with E-state index in [1.54, 1.807) is 0 Å². The van der Waals surface area contributed by atoms with Crippen LogP contribution in [0.15, 0.2) is 0 Å². The lowest BCUT2D eigenvalue weighted by Gasteiger charge is -2.63. The topological polar surface area (TPSA) is 110 Å². The Balaban J connectivity index is 1.39. The van der Waals surface area contributed by atoms with Crippen molar-refractivity contribution in [1.82, 2.24) is 0 Å². The molecule has 0 radical (unpaired) electrons. The summed E-state index contributed by atoms with van der Waals surface area (Å²) in [5.41, 5.74) is 0.0122. The van der Waals surface area contributed by atoms with Gasteiger partial charge in [-0.25, -0.2) is 0 Å². The highest BCUT2D eigenvalue weighted by molar-refractivity contribution is 5.14. The fourth-order valence-corrected chi connectivity index (χ4v) is 10.3. The molecule has 4 saturated carbocycles. The average molecular weight is 495 g/mol. The second-order valence-corrected chi connectivity index (χ2v) is 14.2. The van der Waals surface area contributed by atoms with Gasteiger partial charge in [-0.05, 0) is 110 Å². The smallest absolute Gasteiger partial charge is 0.278 e. The van der Waals surface area contributed by atoms with Gasteiger partial charge in [0.25, 0.3) is 5.97 Å². The molecule has 202 valence electrons. The summed E-state index contributed by atoms with van der Waals surface area (Å²) in [4.78, 5) is 0. The third kappa shape index (κ3) is 4.13. The molecule has 0 aromatic carbocycles. The molecule has 5 unspecified atom stereocenters. The average Bonchev–Trinajstić information content (AvgIpc) is 3.13. The van der Waals surface area contributed by atoms with E-state index < -0.39 is 18.2 Å². The van der Waals surface area contributed by atoms with Crippen molar-refractivity contribution in [2.75, 3.05) is 0 Å². The molecule has 5 rings (SSSR count). The van der Waals surface area contributed by atoms with Crippen molar-refractivity contribution in [3.8, 4) is 0 Å². The molecule has 1 saturated heterocycles. The molecular formula is C29H50O6. The highest BCUT2D eigenvalue weighted by Crippen LogP contribution is 2.68. The molecule has 4 aliphatic carbocycles. The fraction of sp³-hybridized carbons (Fsp3) is 1.00. The number of aliphatic hydroxyl groups is 5. The Morgan fingerprint density at radius 3 is 2.11 bits per heavy atom. The Morgan fingerprint density at radius 1 is 0.771 bits per heavy atom. The highest BCUT2D eigenvalue weighted by atomic mass is 16.8. The van der Waals surface area contributed by atoms with Gasteiger partial charge in [-0.2, -0.15) is 0 Å². The summed E-state index contributed by atoms with van der Waals surface area (Å²) in [5, 5.41) is 54.1. The minimum atomic E-state index is -2.05. The molecule has 0 aromatic rings. The maximum atomic E-state index is 11.5. The lowest BCUT2D eigenvalue weighted by molar-refractivity contribution is -0.387. The van der Waals surface area contributed by atoms with Crippen LogP contribution in [0.1, 0.15) is 92.4 Å². The van der Waals surface area contributed by atoms with Crippen LogP contribution in [0.4, 0.5) is 0 Å². The van der Waals surface area contributed by atoms with Gasteiger partial charge in [0.1, 0.15) is 0 Å². The maximum Gasteiger partial charge on any atom is 0.278 e. The monoisotopic (exact) mass is 494 g/mol. The number of ether oxygens (including phenoxy) is 1. The van der Waals surface area contributed by atoms with E-state index in [1.807, 2.05) is 0 Å². The van der Waals surface area contributed by atoms with Crippen molar-refractivity contribution in [3.63, 3.8) is 0 Å². The SMILES string of the molecule is CC(C)[C@H]1CC([C@@H](C)[C@H]2CC[C@H]3[C@@H]4C(O)C(O)C5CC(O)CC[C@]5(C)[C@H]4CC[C@]23C)OC(O)(O)C1. The second-order valence-electron chi connectivity index (χ2n) is 14.2. The van der Waals surface area contributed by atoms with Crippen LogP contribution in [0.5, 0.6) is 0 Å². The zero-order valence-electron chi connectivity index (χ0n) is 22.4. The van der Waals surface area contributed by atoms with Crippen LogP contribution in [0.25, 0.3) is 0 Å². The Bertz CT molecular complexity index is 785. The van der Waals surface area contributed by atoms with E-state index in [-0.39, 0.29) is 53.1 Å². The Labute approximate surface area is 211 Å². The van der Waals surface area contributed by atoms with Gasteiger partial charge in [0, 0.05) is 6.42 Å². The van der Waals surface area contributed by atoms with Crippen molar-refractivity contribution in [2.45, 2.75) is 123 Å². The summed E-state index contributed by atoms with van der Waals surface area (Å²) < 4.78 is 5.89. The molecule has 5 fully saturated rings. The normalized spacial score (nSPS) is 54.6. The van der Waals surface area contributed by atoms with Crippen LogP contribution in [0.3, 0.4) is 0 Å². The van der Waals surface area contributed by atoms with Crippen molar-refractivity contribution < 1.29 is 30.3 Å². The number of rotatable bonds is 3. The molecule has 0 bridgehead atoms. The van der Waals surface area contributed by atoms with E-state index in [0.29, 0.717) is 30.1 Å². The Hall–Kier alpha value is -0.240. The summed E-state index contributed by atoms with van der Waals surface area (Å²) in [6.07, 6.45) is 5.63. The van der Waals surface area contributed by atoms with Crippen LogP contribution < -0.4 is 0 Å². The van der Waals surface area contributed by atoms with E-state index in [9.17, 15) is 25.5 Å². The van der Waals surface area contributed by atoms with Gasteiger partial charge < -0.3 is 30.3 Å². The number of hydrogen-bond acceptors (Lipinski definition) is 6. The first kappa shape index (κ1) is 26.4. The van der Waals surface area contributed by atoms with Gasteiger partial charge in [-0.3, -0.25) is 0 Å². The summed E-state index contributed by atoms with van der Waals surface area (Å²) in [7, 11) is 0. The zero-order chi connectivity index (χ0) is 25.5. The van der Waals surface area contributed by atoms with Crippen LogP contribution in [0, 0.1) is 58.2 Å². The summed E-state index contributed by atoms with van der Waals surface area (Å²) >= 11 is 0. The molecular weight excluding hydrogens is 444 g/mol. The molecule has 6 heteroatoms. The van der Waals surface area contributed by atoms with Crippen molar-refractivity contribution >= 4 is 0 Å². The quantitative estimate of drug-likeness (QED) is 0.383. The molecule has 0 amide bonds. The Morgan fingerprint density at radius 2 is 1.43 bits per heavy atom. The van der Waals surface area contributed by atoms with Crippen molar-refractivity contribution in [2.24, 2.45) is 58.2 Å². The largest absolute Gasteiger partial charge is 0.393 e. The van der Waals surface area contributed by atoms with Crippen LogP contribution in [0.2, 0.25) is 0 Å². The zero-order valence-corrected chi connectivity index (χ0v) is 22.4. The van der Waals surface area contributed by atoms with Crippen LogP contribution >= 0.6 is 0 Å².